The summed E-state index contributed by atoms with van der Waals surface area (Å²) >= 11 is 13.6. The second kappa shape index (κ2) is 11.6. The Kier molecular flexibility index (Phi) is 7.70. The fraction of sp³-hybridized carbons (Fsp3) is 0.588. The first kappa shape index (κ1) is 31.3. The van der Waals surface area contributed by atoms with Crippen LogP contribution in [0.25, 0.3) is 0 Å². The summed E-state index contributed by atoms with van der Waals surface area (Å²) in [6.45, 7) is 4.22. The van der Waals surface area contributed by atoms with Crippen molar-refractivity contribution >= 4 is 34.9 Å². The van der Waals surface area contributed by atoms with Crippen molar-refractivity contribution in [3.63, 3.8) is 0 Å². The van der Waals surface area contributed by atoms with Crippen molar-refractivity contribution in [2.45, 2.75) is 81.8 Å². The number of hydrogen-bond acceptors (Lipinski definition) is 8. The lowest BCUT2D eigenvalue weighted by molar-refractivity contribution is 0.0821. The fourth-order valence-electron chi connectivity index (χ4n) is 8.88. The molecule has 10 nitrogen and oxygen atoms in total. The number of fused-ring (bicyclic) bond motifs is 5. The zero-order valence-electron chi connectivity index (χ0n) is 27.2. The summed E-state index contributed by atoms with van der Waals surface area (Å²) in [7, 11) is 5.59. The highest BCUT2D eigenvalue weighted by Crippen LogP contribution is 2.50. The van der Waals surface area contributed by atoms with E-state index in [2.05, 4.69) is 32.9 Å². The highest BCUT2D eigenvalue weighted by Gasteiger charge is 2.50. The van der Waals surface area contributed by atoms with Crippen LogP contribution in [0.3, 0.4) is 0 Å². The minimum Gasteiger partial charge on any atom is -0.461 e. The number of benzene rings is 1. The fourth-order valence-corrected chi connectivity index (χ4v) is 9.43. The first-order valence-electron chi connectivity index (χ1n) is 16.7. The van der Waals surface area contributed by atoms with Gasteiger partial charge in [-0.3, -0.25) is 19.3 Å². The first-order chi connectivity index (χ1) is 22.6. The number of carbonyl (C=O) groups excluding carboxylic acids is 1. The lowest BCUT2D eigenvalue weighted by Gasteiger charge is -2.44. The van der Waals surface area contributed by atoms with Gasteiger partial charge < -0.3 is 14.5 Å². The van der Waals surface area contributed by atoms with Gasteiger partial charge in [0.25, 0.3) is 5.91 Å². The summed E-state index contributed by atoms with van der Waals surface area (Å²) in [6, 6.07) is 6.56. The third-order valence-corrected chi connectivity index (χ3v) is 12.1. The predicted molar refractivity (Wildman–Crippen MR) is 178 cm³/mol. The van der Waals surface area contributed by atoms with E-state index in [1.54, 1.807) is 14.1 Å². The maximum Gasteiger partial charge on any atom is 0.318 e. The van der Waals surface area contributed by atoms with E-state index in [0.717, 1.165) is 73.0 Å². The van der Waals surface area contributed by atoms with Gasteiger partial charge in [-0.1, -0.05) is 35.3 Å². The number of anilines is 1. The largest absolute Gasteiger partial charge is 0.461 e. The number of nitrogens with zero attached hydrogens (tertiary/aromatic N) is 8. The van der Waals surface area contributed by atoms with Crippen molar-refractivity contribution in [3.05, 3.63) is 62.0 Å². The molecule has 1 amide bonds. The van der Waals surface area contributed by atoms with Crippen LogP contribution in [0.1, 0.15) is 70.7 Å². The van der Waals surface area contributed by atoms with Gasteiger partial charge in [0.15, 0.2) is 5.69 Å². The molecule has 13 heteroatoms. The molecule has 0 N–H and O–H groups in total. The Hall–Kier alpha value is -2.99. The molecule has 1 aromatic carbocycles. The number of halogens is 3. The second-order valence-corrected chi connectivity index (χ2v) is 15.0. The monoisotopic (exact) mass is 682 g/mol. The maximum absolute atomic E-state index is 14.6. The van der Waals surface area contributed by atoms with Crippen LogP contribution in [-0.4, -0.2) is 99.5 Å². The number of likely N-dealkylation sites (N-methyl/N-ethyl adjacent to an activating group) is 1. The average molecular weight is 684 g/mol. The summed E-state index contributed by atoms with van der Waals surface area (Å²) in [5.74, 6) is 0.599. The molecule has 0 saturated carbocycles. The van der Waals surface area contributed by atoms with E-state index >= 15 is 0 Å². The van der Waals surface area contributed by atoms with Gasteiger partial charge in [0.1, 0.15) is 18.6 Å². The maximum atomic E-state index is 14.6. The third-order valence-electron chi connectivity index (χ3n) is 11.3. The summed E-state index contributed by atoms with van der Waals surface area (Å²) in [6.07, 6.45) is 4.99. The van der Waals surface area contributed by atoms with Gasteiger partial charge in [0.2, 0.25) is 0 Å². The molecule has 0 radical (unpaired) electrons. The molecule has 1 spiro atoms. The molecular weight excluding hydrogens is 642 g/mol. The molecule has 8 rings (SSSR count). The van der Waals surface area contributed by atoms with E-state index in [1.165, 1.54) is 16.0 Å². The molecule has 1 unspecified atom stereocenters. The highest BCUT2D eigenvalue weighted by molar-refractivity contribution is 6.34. The molecule has 3 aromatic rings. The SMILES string of the molecule is CN(C)C(=O)c1nn2c(c1Cl)CN(c1nc(OC[C@@]34CCCN3CC(F)C4)nc3c1CN(C)[C@@]1(CCc4c(Cl)cccc41)C3)CCC2. The summed E-state index contributed by atoms with van der Waals surface area (Å²) in [5.41, 5.74) is 5.06. The van der Waals surface area contributed by atoms with Crippen LogP contribution in [0.2, 0.25) is 10.0 Å². The van der Waals surface area contributed by atoms with Gasteiger partial charge in [-0.25, -0.2) is 4.39 Å². The molecule has 0 bridgehead atoms. The number of carbonyl (C=O) groups is 1. The van der Waals surface area contributed by atoms with Crippen LogP contribution < -0.4 is 9.64 Å². The van der Waals surface area contributed by atoms with Crippen molar-refractivity contribution < 1.29 is 13.9 Å². The molecule has 5 aliphatic rings. The number of aryl methyl sites for hydroxylation is 1. The molecule has 4 aliphatic heterocycles. The molecule has 2 aromatic heterocycles. The van der Waals surface area contributed by atoms with E-state index in [1.807, 2.05) is 16.8 Å². The predicted octanol–water partition coefficient (Wildman–Crippen LogP) is 4.88. The van der Waals surface area contributed by atoms with E-state index in [4.69, 9.17) is 37.9 Å². The number of ether oxygens (including phenoxy) is 1. The minimum absolute atomic E-state index is 0.219. The molecule has 2 fully saturated rings. The quantitative estimate of drug-likeness (QED) is 0.377. The van der Waals surface area contributed by atoms with E-state index in [-0.39, 0.29) is 22.7 Å². The van der Waals surface area contributed by atoms with Crippen LogP contribution >= 0.6 is 23.2 Å². The molecule has 47 heavy (non-hydrogen) atoms. The molecule has 250 valence electrons. The minimum atomic E-state index is -0.834. The standard InChI is InChI=1S/C34H41Cl2FN8O2/c1-41(2)31(46)29-28(36)27-19-43(12-6-14-45(27)40-29)30-23-18-42(3)34(11-9-22-24(34)7-4-8-25(22)35)16-26(23)38-32(39-30)47-20-33-10-5-13-44(33)17-21(37)15-33/h4,7-8,21H,5-6,9-20H2,1-3H3/t21?,33-,34-/m0/s1. The van der Waals surface area contributed by atoms with Gasteiger partial charge in [0.05, 0.1) is 34.0 Å². The van der Waals surface area contributed by atoms with Crippen LogP contribution in [0.4, 0.5) is 10.2 Å². The van der Waals surface area contributed by atoms with Crippen molar-refractivity contribution in [1.29, 1.82) is 0 Å². The topological polar surface area (TPSA) is 82.9 Å². The third kappa shape index (κ3) is 5.02. The van der Waals surface area contributed by atoms with E-state index in [0.29, 0.717) is 56.7 Å². The molecular formula is C34H41Cl2FN8O2. The molecule has 1 aliphatic carbocycles. The van der Waals surface area contributed by atoms with E-state index < -0.39 is 6.17 Å². The Labute approximate surface area is 284 Å². The van der Waals surface area contributed by atoms with E-state index in [9.17, 15) is 9.18 Å². The van der Waals surface area contributed by atoms with Gasteiger partial charge >= 0.3 is 6.01 Å². The smallest absolute Gasteiger partial charge is 0.318 e. The van der Waals surface area contributed by atoms with Crippen LogP contribution in [0.15, 0.2) is 18.2 Å². The van der Waals surface area contributed by atoms with Gasteiger partial charge in [-0.15, -0.1) is 0 Å². The van der Waals surface area contributed by atoms with Crippen LogP contribution in [0, 0.1) is 0 Å². The molecule has 3 atom stereocenters. The van der Waals surface area contributed by atoms with Crippen molar-refractivity contribution in [1.82, 2.24) is 34.4 Å². The number of rotatable bonds is 5. The summed E-state index contributed by atoms with van der Waals surface area (Å²) in [4.78, 5) is 31.5. The highest BCUT2D eigenvalue weighted by atomic mass is 35.5. The zero-order valence-corrected chi connectivity index (χ0v) is 28.7. The average Bonchev–Trinajstić information content (AvgIpc) is 3.73. The van der Waals surface area contributed by atoms with Crippen LogP contribution in [0.5, 0.6) is 6.01 Å². The number of aromatic nitrogens is 4. The Morgan fingerprint density at radius 3 is 2.79 bits per heavy atom. The lowest BCUT2D eigenvalue weighted by Crippen LogP contribution is -2.48. The summed E-state index contributed by atoms with van der Waals surface area (Å²) < 4.78 is 23.0. The number of alkyl halides is 1. The van der Waals surface area contributed by atoms with Crippen molar-refractivity contribution in [2.24, 2.45) is 0 Å². The van der Waals surface area contributed by atoms with Crippen LogP contribution in [-0.2, 0) is 38.0 Å². The molecule has 2 saturated heterocycles. The first-order valence-corrected chi connectivity index (χ1v) is 17.5. The Bertz CT molecular complexity index is 1750. The number of hydrogen-bond donors (Lipinski definition) is 0. The molecule has 6 heterocycles. The second-order valence-electron chi connectivity index (χ2n) is 14.3. The summed E-state index contributed by atoms with van der Waals surface area (Å²) in [5, 5.41) is 5.82. The van der Waals surface area contributed by atoms with Crippen molar-refractivity contribution in [2.75, 3.05) is 52.3 Å². The lowest BCUT2D eigenvalue weighted by atomic mass is 9.81. The Balaban J connectivity index is 1.19. The Morgan fingerprint density at radius 2 is 1.96 bits per heavy atom. The van der Waals surface area contributed by atoms with Gasteiger partial charge in [-0.2, -0.15) is 15.1 Å². The Morgan fingerprint density at radius 1 is 1.11 bits per heavy atom. The van der Waals surface area contributed by atoms with Gasteiger partial charge in [0, 0.05) is 63.7 Å². The number of amides is 1. The zero-order chi connectivity index (χ0) is 32.7. The van der Waals surface area contributed by atoms with Gasteiger partial charge in [-0.05, 0) is 62.9 Å². The van der Waals surface area contributed by atoms with Crippen molar-refractivity contribution in [3.8, 4) is 6.01 Å². The normalized spacial score (nSPS) is 27.0.